The summed E-state index contributed by atoms with van der Waals surface area (Å²) in [7, 11) is 0. The SMILES string of the molecule is CC(C)(C)C(=O)N[C@@H](c1nccs1)C1CCC(CNC(=O)[C@H]2CC=CCC2)CC1. The predicted octanol–water partition coefficient (Wildman–Crippen LogP) is 4.63. The molecule has 2 N–H and O–H groups in total. The minimum atomic E-state index is -0.411. The van der Waals surface area contributed by atoms with Crippen LogP contribution < -0.4 is 10.6 Å². The number of allylic oxidation sites excluding steroid dienone is 2. The zero-order valence-corrected chi connectivity index (χ0v) is 18.8. The number of thiazole rings is 1. The molecule has 0 aliphatic heterocycles. The Morgan fingerprint density at radius 3 is 2.52 bits per heavy atom. The summed E-state index contributed by atoms with van der Waals surface area (Å²) in [5, 5.41) is 9.45. The molecule has 5 nitrogen and oxygen atoms in total. The highest BCUT2D eigenvalue weighted by Gasteiger charge is 2.33. The highest BCUT2D eigenvalue weighted by Crippen LogP contribution is 2.38. The first-order valence-corrected chi connectivity index (χ1v) is 11.9. The van der Waals surface area contributed by atoms with Crippen molar-refractivity contribution in [3.63, 3.8) is 0 Å². The van der Waals surface area contributed by atoms with Crippen LogP contribution in [0.15, 0.2) is 23.7 Å². The summed E-state index contributed by atoms with van der Waals surface area (Å²) in [6, 6.07) is -0.00806. The van der Waals surface area contributed by atoms with Gasteiger partial charge >= 0.3 is 0 Å². The van der Waals surface area contributed by atoms with E-state index in [9.17, 15) is 9.59 Å². The molecule has 3 rings (SSSR count). The van der Waals surface area contributed by atoms with Gasteiger partial charge in [-0.2, -0.15) is 0 Å². The average molecular weight is 418 g/mol. The van der Waals surface area contributed by atoms with Crippen molar-refractivity contribution < 1.29 is 9.59 Å². The van der Waals surface area contributed by atoms with E-state index in [4.69, 9.17) is 0 Å². The third-order valence-electron chi connectivity index (χ3n) is 6.25. The molecule has 2 amide bonds. The molecule has 0 bridgehead atoms. The Labute approximate surface area is 178 Å². The molecule has 29 heavy (non-hydrogen) atoms. The topological polar surface area (TPSA) is 71.1 Å². The van der Waals surface area contributed by atoms with Gasteiger partial charge in [0.05, 0.1) is 6.04 Å². The zero-order valence-electron chi connectivity index (χ0n) is 17.9. The Balaban J connectivity index is 1.51. The van der Waals surface area contributed by atoms with Gasteiger partial charge in [0.1, 0.15) is 5.01 Å². The first-order valence-electron chi connectivity index (χ1n) is 11.0. The van der Waals surface area contributed by atoms with Crippen LogP contribution in [-0.2, 0) is 9.59 Å². The molecule has 0 saturated heterocycles. The molecule has 1 aromatic heterocycles. The fraction of sp³-hybridized carbons (Fsp3) is 0.696. The Morgan fingerprint density at radius 1 is 1.17 bits per heavy atom. The second kappa shape index (κ2) is 9.88. The second-order valence-electron chi connectivity index (χ2n) is 9.58. The van der Waals surface area contributed by atoms with Gasteiger partial charge in [-0.3, -0.25) is 9.59 Å². The summed E-state index contributed by atoms with van der Waals surface area (Å²) in [4.78, 5) is 29.5. The van der Waals surface area contributed by atoms with Gasteiger partial charge in [0.25, 0.3) is 0 Å². The average Bonchev–Trinajstić information content (AvgIpc) is 3.25. The molecule has 1 fully saturated rings. The van der Waals surface area contributed by atoms with E-state index >= 15 is 0 Å². The van der Waals surface area contributed by atoms with Crippen LogP contribution in [0.25, 0.3) is 0 Å². The highest BCUT2D eigenvalue weighted by atomic mass is 32.1. The van der Waals surface area contributed by atoms with Crippen molar-refractivity contribution in [2.75, 3.05) is 6.54 Å². The molecule has 1 aromatic rings. The van der Waals surface area contributed by atoms with E-state index in [1.807, 2.05) is 32.3 Å². The molecule has 1 heterocycles. The van der Waals surface area contributed by atoms with Gasteiger partial charge in [-0.05, 0) is 56.8 Å². The van der Waals surface area contributed by atoms with Crippen LogP contribution in [0, 0.1) is 23.2 Å². The van der Waals surface area contributed by atoms with Crippen molar-refractivity contribution in [2.24, 2.45) is 23.2 Å². The number of hydrogen-bond donors (Lipinski definition) is 2. The number of nitrogens with one attached hydrogen (secondary N) is 2. The van der Waals surface area contributed by atoms with E-state index in [2.05, 4.69) is 27.8 Å². The van der Waals surface area contributed by atoms with Crippen molar-refractivity contribution in [2.45, 2.75) is 71.8 Å². The standard InChI is InChI=1S/C23H35N3O2S/c1-23(2,3)22(28)26-19(21-24-13-14-29-21)17-11-9-16(10-12-17)15-25-20(27)18-7-5-4-6-8-18/h4-5,13-14,16-19H,6-12,15H2,1-3H3,(H,25,27)(H,26,28)/t16?,17?,18-,19+/m0/s1. The molecule has 6 heteroatoms. The molecular formula is C23H35N3O2S. The molecule has 0 unspecified atom stereocenters. The molecule has 0 spiro atoms. The third kappa shape index (κ3) is 6.14. The zero-order chi connectivity index (χ0) is 20.9. The van der Waals surface area contributed by atoms with Gasteiger partial charge < -0.3 is 10.6 Å². The Kier molecular flexibility index (Phi) is 7.49. The minimum Gasteiger partial charge on any atom is -0.356 e. The van der Waals surface area contributed by atoms with E-state index in [0.29, 0.717) is 11.8 Å². The van der Waals surface area contributed by atoms with Crippen LogP contribution >= 0.6 is 11.3 Å². The Hall–Kier alpha value is -1.69. The molecule has 2 aliphatic rings. The summed E-state index contributed by atoms with van der Waals surface area (Å²) in [6.45, 7) is 6.62. The van der Waals surface area contributed by atoms with Gasteiger partial charge in [-0.25, -0.2) is 4.98 Å². The van der Waals surface area contributed by atoms with Crippen LogP contribution in [-0.4, -0.2) is 23.3 Å². The largest absolute Gasteiger partial charge is 0.356 e. The summed E-state index contributed by atoms with van der Waals surface area (Å²) in [5.41, 5.74) is -0.411. The second-order valence-corrected chi connectivity index (χ2v) is 10.5. The Bertz CT molecular complexity index is 700. The number of amides is 2. The van der Waals surface area contributed by atoms with Gasteiger partial charge in [-0.1, -0.05) is 32.9 Å². The van der Waals surface area contributed by atoms with Crippen molar-refractivity contribution in [3.8, 4) is 0 Å². The fourth-order valence-electron chi connectivity index (χ4n) is 4.27. The molecule has 160 valence electrons. The lowest BCUT2D eigenvalue weighted by Gasteiger charge is -2.35. The summed E-state index contributed by atoms with van der Waals surface area (Å²) in [5.74, 6) is 1.38. The van der Waals surface area contributed by atoms with Gasteiger partial charge in [0, 0.05) is 29.5 Å². The Morgan fingerprint density at radius 2 is 1.93 bits per heavy atom. The first kappa shape index (κ1) is 22.0. The molecule has 2 aliphatic carbocycles. The summed E-state index contributed by atoms with van der Waals surface area (Å²) < 4.78 is 0. The minimum absolute atomic E-state index is 0.00806. The highest BCUT2D eigenvalue weighted by molar-refractivity contribution is 7.09. The van der Waals surface area contributed by atoms with Gasteiger partial charge in [0.15, 0.2) is 0 Å². The van der Waals surface area contributed by atoms with E-state index < -0.39 is 5.41 Å². The number of rotatable bonds is 6. The van der Waals surface area contributed by atoms with Crippen molar-refractivity contribution in [1.82, 2.24) is 15.6 Å². The number of nitrogens with zero attached hydrogens (tertiary/aromatic N) is 1. The monoisotopic (exact) mass is 417 g/mol. The van der Waals surface area contributed by atoms with Crippen LogP contribution in [0.4, 0.5) is 0 Å². The van der Waals surface area contributed by atoms with Crippen molar-refractivity contribution >= 4 is 23.2 Å². The summed E-state index contributed by atoms with van der Waals surface area (Å²) >= 11 is 1.62. The van der Waals surface area contributed by atoms with Crippen molar-refractivity contribution in [3.05, 3.63) is 28.7 Å². The fourth-order valence-corrected chi connectivity index (χ4v) is 5.05. The normalized spacial score (nSPS) is 26.0. The maximum atomic E-state index is 12.6. The number of aromatic nitrogens is 1. The van der Waals surface area contributed by atoms with E-state index in [-0.39, 0.29) is 23.8 Å². The maximum absolute atomic E-state index is 12.6. The third-order valence-corrected chi connectivity index (χ3v) is 7.11. The molecular weight excluding hydrogens is 382 g/mol. The predicted molar refractivity (Wildman–Crippen MR) is 117 cm³/mol. The van der Waals surface area contributed by atoms with Crippen molar-refractivity contribution in [1.29, 1.82) is 0 Å². The van der Waals surface area contributed by atoms with Gasteiger partial charge in [-0.15, -0.1) is 11.3 Å². The number of carbonyl (C=O) groups excluding carboxylic acids is 2. The molecule has 0 radical (unpaired) electrons. The number of hydrogen-bond acceptors (Lipinski definition) is 4. The number of carbonyl (C=O) groups is 2. The maximum Gasteiger partial charge on any atom is 0.225 e. The van der Waals surface area contributed by atoms with Crippen LogP contribution in [0.1, 0.15) is 76.8 Å². The lowest BCUT2D eigenvalue weighted by Crippen LogP contribution is -2.41. The molecule has 2 atom stereocenters. The summed E-state index contributed by atoms with van der Waals surface area (Å²) in [6.07, 6.45) is 13.3. The van der Waals surface area contributed by atoms with Gasteiger partial charge in [0.2, 0.25) is 11.8 Å². The smallest absolute Gasteiger partial charge is 0.225 e. The molecule has 1 saturated carbocycles. The lowest BCUT2D eigenvalue weighted by atomic mass is 9.78. The van der Waals surface area contributed by atoms with Crippen LogP contribution in [0.2, 0.25) is 0 Å². The van der Waals surface area contributed by atoms with E-state index in [1.165, 1.54) is 0 Å². The quantitative estimate of drug-likeness (QED) is 0.663. The van der Waals surface area contributed by atoms with Crippen LogP contribution in [0.5, 0.6) is 0 Å². The molecule has 0 aromatic carbocycles. The van der Waals surface area contributed by atoms with Crippen LogP contribution in [0.3, 0.4) is 0 Å². The first-order chi connectivity index (χ1) is 13.8. The van der Waals surface area contributed by atoms with E-state index in [0.717, 1.165) is 56.5 Å². The van der Waals surface area contributed by atoms with E-state index in [1.54, 1.807) is 11.3 Å². The lowest BCUT2D eigenvalue weighted by molar-refractivity contribution is -0.130.